The van der Waals surface area contributed by atoms with Gasteiger partial charge in [0.1, 0.15) is 11.4 Å². The molecule has 5 nitrogen and oxygen atoms in total. The van der Waals surface area contributed by atoms with E-state index in [1.807, 2.05) is 0 Å². The Morgan fingerprint density at radius 3 is 2.82 bits per heavy atom. The number of nitrogens with zero attached hydrogens (tertiary/aromatic N) is 1. The van der Waals surface area contributed by atoms with Crippen molar-refractivity contribution in [2.75, 3.05) is 5.88 Å². The number of nitro benzene ring substituents is 1. The van der Waals surface area contributed by atoms with Gasteiger partial charge in [-0.05, 0) is 19.1 Å². The lowest BCUT2D eigenvalue weighted by Gasteiger charge is -2.10. The average Bonchev–Trinajstić information content (AvgIpc) is 2.28. The van der Waals surface area contributed by atoms with Gasteiger partial charge in [-0.1, -0.05) is 0 Å². The lowest BCUT2D eigenvalue weighted by Crippen LogP contribution is -2.34. The molecule has 0 saturated heterocycles. The molecule has 1 N–H and O–H groups in total. The zero-order chi connectivity index (χ0) is 13.0. The van der Waals surface area contributed by atoms with Crippen molar-refractivity contribution in [3.8, 4) is 0 Å². The molecule has 0 aliphatic carbocycles. The molecule has 0 radical (unpaired) electrons. The van der Waals surface area contributed by atoms with E-state index in [4.69, 9.17) is 11.6 Å². The van der Waals surface area contributed by atoms with Crippen molar-refractivity contribution in [2.24, 2.45) is 0 Å². The third kappa shape index (κ3) is 3.39. The number of nitrogens with one attached hydrogen (secondary N) is 1. The molecule has 0 heterocycles. The fourth-order valence-electron chi connectivity index (χ4n) is 1.19. The molecule has 0 saturated carbocycles. The van der Waals surface area contributed by atoms with E-state index in [0.29, 0.717) is 6.07 Å². The largest absolute Gasteiger partial charge is 0.348 e. The van der Waals surface area contributed by atoms with Gasteiger partial charge >= 0.3 is 0 Å². The molecule has 0 aliphatic heterocycles. The summed E-state index contributed by atoms with van der Waals surface area (Å²) in [5, 5.41) is 13.1. The molecule has 0 fully saturated rings. The zero-order valence-electron chi connectivity index (χ0n) is 8.94. The van der Waals surface area contributed by atoms with Gasteiger partial charge in [0.15, 0.2) is 0 Å². The van der Waals surface area contributed by atoms with Crippen LogP contribution in [0, 0.1) is 15.9 Å². The molecule has 92 valence electrons. The van der Waals surface area contributed by atoms with Gasteiger partial charge in [0.05, 0.1) is 11.0 Å². The first kappa shape index (κ1) is 13.4. The highest BCUT2D eigenvalue weighted by molar-refractivity contribution is 6.18. The lowest BCUT2D eigenvalue weighted by atomic mass is 10.1. The molecule has 1 unspecified atom stereocenters. The van der Waals surface area contributed by atoms with Crippen LogP contribution in [0.2, 0.25) is 0 Å². The number of nitro groups is 1. The summed E-state index contributed by atoms with van der Waals surface area (Å²) in [5.41, 5.74) is -0.752. The maximum atomic E-state index is 12.8. The maximum Gasteiger partial charge on any atom is 0.285 e. The van der Waals surface area contributed by atoms with Crippen LogP contribution in [0.5, 0.6) is 0 Å². The molecule has 1 atom stereocenters. The molecule has 0 spiro atoms. The minimum absolute atomic E-state index is 0.181. The molecule has 17 heavy (non-hydrogen) atoms. The van der Waals surface area contributed by atoms with E-state index in [1.165, 1.54) is 0 Å². The fourth-order valence-corrected chi connectivity index (χ4v) is 1.27. The average molecular weight is 261 g/mol. The highest BCUT2D eigenvalue weighted by Crippen LogP contribution is 2.19. The van der Waals surface area contributed by atoms with Gasteiger partial charge < -0.3 is 5.32 Å². The van der Waals surface area contributed by atoms with Crippen molar-refractivity contribution in [3.05, 3.63) is 39.7 Å². The Kier molecular flexibility index (Phi) is 4.39. The molecule has 7 heteroatoms. The summed E-state index contributed by atoms with van der Waals surface area (Å²) in [4.78, 5) is 21.5. The highest BCUT2D eigenvalue weighted by Gasteiger charge is 2.21. The van der Waals surface area contributed by atoms with E-state index < -0.39 is 22.3 Å². The number of amides is 1. The smallest absolute Gasteiger partial charge is 0.285 e. The lowest BCUT2D eigenvalue weighted by molar-refractivity contribution is -0.385. The normalized spacial score (nSPS) is 11.9. The number of rotatable bonds is 4. The molecule has 1 aromatic rings. The number of carbonyl (C=O) groups excluding carboxylic acids is 1. The van der Waals surface area contributed by atoms with Crippen LogP contribution in [-0.2, 0) is 0 Å². The molecular formula is C10H10ClFN2O3. The highest BCUT2D eigenvalue weighted by atomic mass is 35.5. The fraction of sp³-hybridized carbons (Fsp3) is 0.300. The number of hydrogen-bond acceptors (Lipinski definition) is 3. The van der Waals surface area contributed by atoms with Gasteiger partial charge in [-0.25, -0.2) is 4.39 Å². The first-order valence-corrected chi connectivity index (χ1v) is 5.30. The Hall–Kier alpha value is -1.69. The topological polar surface area (TPSA) is 72.2 Å². The molecule has 1 rings (SSSR count). The molecule has 1 aromatic carbocycles. The first-order chi connectivity index (χ1) is 7.95. The summed E-state index contributed by atoms with van der Waals surface area (Å²) in [6.45, 7) is 1.65. The van der Waals surface area contributed by atoms with Crippen LogP contribution >= 0.6 is 11.6 Å². The summed E-state index contributed by atoms with van der Waals surface area (Å²) >= 11 is 5.50. The third-order valence-corrected chi connectivity index (χ3v) is 2.47. The van der Waals surface area contributed by atoms with E-state index in [0.717, 1.165) is 12.1 Å². The summed E-state index contributed by atoms with van der Waals surface area (Å²) in [7, 11) is 0. The van der Waals surface area contributed by atoms with E-state index in [1.54, 1.807) is 6.92 Å². The Bertz CT molecular complexity index is 453. The Labute approximate surface area is 102 Å². The van der Waals surface area contributed by atoms with Gasteiger partial charge in [0.2, 0.25) is 0 Å². The van der Waals surface area contributed by atoms with Gasteiger partial charge in [-0.3, -0.25) is 14.9 Å². The standard InChI is InChI=1S/C10H10ClFN2O3/c1-6(5-11)13-10(15)8-3-2-7(12)4-9(8)14(16)17/h2-4,6H,5H2,1H3,(H,13,15). The van der Waals surface area contributed by atoms with Crippen LogP contribution in [0.15, 0.2) is 18.2 Å². The number of hydrogen-bond donors (Lipinski definition) is 1. The minimum atomic E-state index is -0.802. The predicted octanol–water partition coefficient (Wildman–Crippen LogP) is 2.09. The minimum Gasteiger partial charge on any atom is -0.348 e. The number of benzene rings is 1. The third-order valence-electron chi connectivity index (χ3n) is 2.01. The van der Waals surface area contributed by atoms with Crippen LogP contribution in [-0.4, -0.2) is 22.8 Å². The van der Waals surface area contributed by atoms with E-state index in [-0.39, 0.29) is 17.5 Å². The number of halogens is 2. The summed E-state index contributed by atoms with van der Waals surface area (Å²) in [6.07, 6.45) is 0. The van der Waals surface area contributed by atoms with Crippen molar-refractivity contribution in [2.45, 2.75) is 13.0 Å². The van der Waals surface area contributed by atoms with E-state index in [2.05, 4.69) is 5.32 Å². The van der Waals surface area contributed by atoms with Crippen molar-refractivity contribution in [1.29, 1.82) is 0 Å². The van der Waals surface area contributed by atoms with E-state index >= 15 is 0 Å². The second-order valence-corrected chi connectivity index (χ2v) is 3.76. The number of alkyl halides is 1. The maximum absolute atomic E-state index is 12.8. The summed E-state index contributed by atoms with van der Waals surface area (Å²) in [5.74, 6) is -1.23. The molecular weight excluding hydrogens is 251 g/mol. The van der Waals surface area contributed by atoms with E-state index in [9.17, 15) is 19.3 Å². The predicted molar refractivity (Wildman–Crippen MR) is 60.7 cm³/mol. The summed E-state index contributed by atoms with van der Waals surface area (Å²) < 4.78 is 12.8. The quantitative estimate of drug-likeness (QED) is 0.512. The van der Waals surface area contributed by atoms with Crippen molar-refractivity contribution in [3.63, 3.8) is 0 Å². The van der Waals surface area contributed by atoms with Crippen LogP contribution in [0.3, 0.4) is 0 Å². The molecule has 0 bridgehead atoms. The van der Waals surface area contributed by atoms with Gasteiger partial charge in [0.25, 0.3) is 11.6 Å². The van der Waals surface area contributed by atoms with Gasteiger partial charge in [0, 0.05) is 11.9 Å². The van der Waals surface area contributed by atoms with Gasteiger partial charge in [-0.15, -0.1) is 11.6 Å². The monoisotopic (exact) mass is 260 g/mol. The van der Waals surface area contributed by atoms with Crippen molar-refractivity contribution >= 4 is 23.2 Å². The molecule has 0 aromatic heterocycles. The SMILES string of the molecule is CC(CCl)NC(=O)c1ccc(F)cc1[N+](=O)[O-]. The zero-order valence-corrected chi connectivity index (χ0v) is 9.70. The van der Waals surface area contributed by atoms with Crippen molar-refractivity contribution in [1.82, 2.24) is 5.32 Å². The first-order valence-electron chi connectivity index (χ1n) is 4.76. The van der Waals surface area contributed by atoms with Gasteiger partial charge in [-0.2, -0.15) is 0 Å². The Balaban J connectivity index is 3.04. The van der Waals surface area contributed by atoms with Crippen molar-refractivity contribution < 1.29 is 14.1 Å². The Morgan fingerprint density at radius 2 is 2.29 bits per heavy atom. The summed E-state index contributed by atoms with van der Waals surface area (Å²) in [6, 6.07) is 2.45. The second kappa shape index (κ2) is 5.58. The second-order valence-electron chi connectivity index (χ2n) is 3.45. The van der Waals surface area contributed by atoms with Crippen LogP contribution in [0.4, 0.5) is 10.1 Å². The van der Waals surface area contributed by atoms with Crippen LogP contribution in [0.1, 0.15) is 17.3 Å². The van der Waals surface area contributed by atoms with Crippen LogP contribution < -0.4 is 5.32 Å². The molecule has 1 amide bonds. The Morgan fingerprint density at radius 1 is 1.65 bits per heavy atom. The number of carbonyl (C=O) groups is 1. The molecule has 0 aliphatic rings. The van der Waals surface area contributed by atoms with Crippen LogP contribution in [0.25, 0.3) is 0 Å².